The van der Waals surface area contributed by atoms with E-state index in [1.54, 1.807) is 11.3 Å². The number of nitrogens with zero attached hydrogens (tertiary/aromatic N) is 3. The average molecular weight is 691 g/mol. The van der Waals surface area contributed by atoms with Crippen LogP contribution in [0.1, 0.15) is 0 Å². The Morgan fingerprint density at radius 2 is 0.722 bits per heavy atom. The minimum absolute atomic E-state index is 0.131. The molecule has 0 aliphatic heterocycles. The van der Waals surface area contributed by atoms with Crippen LogP contribution < -0.4 is 27.3 Å². The molecule has 10 aromatic rings. The van der Waals surface area contributed by atoms with Crippen LogP contribution in [0.15, 0.2) is 133 Å². The van der Waals surface area contributed by atoms with Gasteiger partial charge < -0.3 is 0 Å². The first-order valence-electron chi connectivity index (χ1n) is 17.5. The lowest BCUT2D eigenvalue weighted by molar-refractivity contribution is 1.08. The number of hydrogen-bond donors (Lipinski definition) is 0. The van der Waals surface area contributed by atoms with Gasteiger partial charge in [0.2, 0.25) is 0 Å². The van der Waals surface area contributed by atoms with E-state index in [9.17, 15) is 0 Å². The smallest absolute Gasteiger partial charge is 0.164 e. The molecule has 0 saturated carbocycles. The molecule has 3 nitrogen and oxygen atoms in total. The number of benzene rings is 8. The Morgan fingerprint density at radius 3 is 1.31 bits per heavy atom. The van der Waals surface area contributed by atoms with Crippen LogP contribution >= 0.6 is 11.3 Å². The second-order valence-electron chi connectivity index (χ2n) is 13.5. The van der Waals surface area contributed by atoms with Crippen molar-refractivity contribution in [3.63, 3.8) is 0 Å². The number of fused-ring (bicyclic) bond motifs is 9. The third-order valence-corrected chi connectivity index (χ3v) is 11.5. The van der Waals surface area contributed by atoms with Crippen molar-refractivity contribution in [3.05, 3.63) is 133 Å². The molecule has 0 aliphatic rings. The highest BCUT2D eigenvalue weighted by molar-refractivity contribution is 7.25. The molecule has 0 fully saturated rings. The quantitative estimate of drug-likeness (QED) is 0.160. The molecule has 0 amide bonds. The minimum Gasteiger partial charge on any atom is -0.208 e. The number of thiophene rings is 1. The standard InChI is InChI=1S/C45H22B5N3S/c46-38-37(39(47)41(49)42(50)40(38)48)45-52-43(23-8-2-1-3-9-23)51-44(53-45)26-16-19-36-34(22-26)33-21-25(15-18-35(33)54-36)24-14-17-31-29-12-5-4-10-27(29)28-11-6-7-13-30(28)32(31)20-24/h1-22H. The lowest BCUT2D eigenvalue weighted by atomic mass is 9.60. The lowest BCUT2D eigenvalue weighted by Gasteiger charge is -2.20. The monoisotopic (exact) mass is 691 g/mol. The molecule has 10 radical (unpaired) electrons. The van der Waals surface area contributed by atoms with Gasteiger partial charge in [-0.3, -0.25) is 0 Å². The molecule has 54 heavy (non-hydrogen) atoms. The van der Waals surface area contributed by atoms with E-state index >= 15 is 0 Å². The van der Waals surface area contributed by atoms with Gasteiger partial charge in [-0.1, -0.05) is 108 Å². The zero-order chi connectivity index (χ0) is 36.7. The summed E-state index contributed by atoms with van der Waals surface area (Å²) in [5.41, 5.74) is 4.97. The first-order chi connectivity index (χ1) is 26.3. The van der Waals surface area contributed by atoms with Gasteiger partial charge in [-0.15, -0.1) is 27.7 Å². The summed E-state index contributed by atoms with van der Waals surface area (Å²) in [5.74, 6) is 1.16. The van der Waals surface area contributed by atoms with Gasteiger partial charge in [-0.05, 0) is 79.8 Å². The van der Waals surface area contributed by atoms with Crippen molar-refractivity contribution in [3.8, 4) is 45.3 Å². The van der Waals surface area contributed by atoms with Crippen molar-refractivity contribution < 1.29 is 0 Å². The van der Waals surface area contributed by atoms with Gasteiger partial charge in [-0.2, -0.15) is 0 Å². The summed E-state index contributed by atoms with van der Waals surface area (Å²) in [6.45, 7) is 0. The summed E-state index contributed by atoms with van der Waals surface area (Å²) in [6, 6.07) is 46.9. The third kappa shape index (κ3) is 5.14. The summed E-state index contributed by atoms with van der Waals surface area (Å²) in [6.07, 6.45) is 0. The van der Waals surface area contributed by atoms with Crippen molar-refractivity contribution in [2.75, 3.05) is 0 Å². The van der Waals surface area contributed by atoms with Gasteiger partial charge in [0.15, 0.2) is 17.5 Å². The van der Waals surface area contributed by atoms with Crippen LogP contribution in [0.5, 0.6) is 0 Å². The maximum atomic E-state index is 6.49. The molecule has 0 spiro atoms. The number of hydrogen-bond acceptors (Lipinski definition) is 4. The van der Waals surface area contributed by atoms with E-state index < -0.39 is 0 Å². The first kappa shape index (κ1) is 32.7. The fourth-order valence-corrected chi connectivity index (χ4v) is 8.67. The zero-order valence-electron chi connectivity index (χ0n) is 28.8. The second-order valence-corrected chi connectivity index (χ2v) is 14.6. The molecule has 0 N–H and O–H groups in total. The molecule has 2 heterocycles. The highest BCUT2D eigenvalue weighted by atomic mass is 32.1. The van der Waals surface area contributed by atoms with E-state index in [0.717, 1.165) is 37.7 Å². The highest BCUT2D eigenvalue weighted by Crippen LogP contribution is 2.41. The SMILES string of the molecule is [B]c1c([B])c([B])c(-c2nc(-c3ccccc3)nc(-c3ccc4sc5ccc(-c6ccc7c8ccccc8c8ccccc8c7c6)cc5c4c3)n2)c([B])c1[B]. The van der Waals surface area contributed by atoms with Crippen LogP contribution in [0, 0.1) is 0 Å². The van der Waals surface area contributed by atoms with Crippen LogP contribution in [0.3, 0.4) is 0 Å². The number of rotatable bonds is 4. The van der Waals surface area contributed by atoms with Gasteiger partial charge in [0, 0.05) is 36.9 Å². The molecule has 0 unspecified atom stereocenters. The van der Waals surface area contributed by atoms with Crippen LogP contribution in [-0.2, 0) is 0 Å². The molecular formula is C45H22B5N3S. The summed E-state index contributed by atoms with van der Waals surface area (Å²) in [4.78, 5) is 14.7. The normalized spacial score (nSPS) is 11.7. The maximum absolute atomic E-state index is 6.49. The van der Waals surface area contributed by atoms with E-state index in [4.69, 9.17) is 54.2 Å². The van der Waals surface area contributed by atoms with E-state index in [-0.39, 0.29) is 33.1 Å². The molecule has 2 aromatic heterocycles. The Kier molecular flexibility index (Phi) is 7.64. The first-order valence-corrected chi connectivity index (χ1v) is 18.3. The van der Waals surface area contributed by atoms with Gasteiger partial charge in [0.1, 0.15) is 39.2 Å². The third-order valence-electron chi connectivity index (χ3n) is 10.4. The van der Waals surface area contributed by atoms with Crippen molar-refractivity contribution in [1.29, 1.82) is 0 Å². The molecule has 10 rings (SSSR count). The van der Waals surface area contributed by atoms with Crippen LogP contribution in [0.4, 0.5) is 0 Å². The maximum Gasteiger partial charge on any atom is 0.164 e. The molecule has 8 aromatic carbocycles. The summed E-state index contributed by atoms with van der Waals surface area (Å²) in [7, 11) is 31.6. The largest absolute Gasteiger partial charge is 0.208 e. The van der Waals surface area contributed by atoms with Gasteiger partial charge in [0.05, 0.1) is 0 Å². The van der Waals surface area contributed by atoms with Crippen molar-refractivity contribution in [2.45, 2.75) is 0 Å². The summed E-state index contributed by atoms with van der Waals surface area (Å²) < 4.78 is 2.35. The van der Waals surface area contributed by atoms with Crippen LogP contribution in [0.25, 0.3) is 97.8 Å². The predicted molar refractivity (Wildman–Crippen MR) is 234 cm³/mol. The Balaban J connectivity index is 1.14. The van der Waals surface area contributed by atoms with E-state index in [1.165, 1.54) is 37.0 Å². The fourth-order valence-electron chi connectivity index (χ4n) is 7.61. The van der Waals surface area contributed by atoms with Gasteiger partial charge in [-0.25, -0.2) is 15.0 Å². The minimum atomic E-state index is 0.131. The molecule has 0 bridgehead atoms. The van der Waals surface area contributed by atoms with E-state index in [1.807, 2.05) is 36.4 Å². The summed E-state index contributed by atoms with van der Waals surface area (Å²) in [5, 5.41) is 9.79. The highest BCUT2D eigenvalue weighted by Gasteiger charge is 2.19. The molecule has 9 heteroatoms. The average Bonchev–Trinajstić information content (AvgIpc) is 3.60. The predicted octanol–water partition coefficient (Wildman–Crippen LogP) is 6.34. The topological polar surface area (TPSA) is 38.7 Å². The Labute approximate surface area is 322 Å². The Hall–Kier alpha value is -5.91. The van der Waals surface area contributed by atoms with Gasteiger partial charge >= 0.3 is 0 Å². The molecule has 238 valence electrons. The molecule has 0 aliphatic carbocycles. The van der Waals surface area contributed by atoms with Crippen molar-refractivity contribution >= 4 is 130 Å². The van der Waals surface area contributed by atoms with Crippen molar-refractivity contribution in [1.82, 2.24) is 15.0 Å². The molecular weight excluding hydrogens is 669 g/mol. The van der Waals surface area contributed by atoms with Crippen LogP contribution in [0.2, 0.25) is 0 Å². The Bertz CT molecular complexity index is 3120. The van der Waals surface area contributed by atoms with Crippen molar-refractivity contribution in [2.24, 2.45) is 0 Å². The fraction of sp³-hybridized carbons (Fsp3) is 0. The molecule has 0 saturated heterocycles. The lowest BCUT2D eigenvalue weighted by Crippen LogP contribution is -2.55. The van der Waals surface area contributed by atoms with E-state index in [0.29, 0.717) is 17.2 Å². The number of aromatic nitrogens is 3. The van der Waals surface area contributed by atoms with Gasteiger partial charge in [0.25, 0.3) is 0 Å². The zero-order valence-corrected chi connectivity index (χ0v) is 29.7. The second kappa shape index (κ2) is 12.6. The Morgan fingerprint density at radius 1 is 0.315 bits per heavy atom. The van der Waals surface area contributed by atoms with Crippen LogP contribution in [-0.4, -0.2) is 54.2 Å². The van der Waals surface area contributed by atoms with E-state index in [2.05, 4.69) is 97.1 Å². The summed E-state index contributed by atoms with van der Waals surface area (Å²) >= 11 is 1.76. The molecule has 0 atom stereocenters.